The van der Waals surface area contributed by atoms with Crippen molar-refractivity contribution in [2.24, 2.45) is 10.9 Å². The number of nitrogens with zero attached hydrogens (tertiary/aromatic N) is 5. The number of rotatable bonds is 8. The molecule has 1 N–H and O–H groups in total. The number of pyridine rings is 1. The minimum atomic E-state index is 0.531. The minimum absolute atomic E-state index is 0.531. The highest BCUT2D eigenvalue weighted by atomic mass is 16.5. The van der Waals surface area contributed by atoms with Gasteiger partial charge in [0.2, 0.25) is 0 Å². The normalized spacial score (nSPS) is 16.6. The molecule has 7 heteroatoms. The van der Waals surface area contributed by atoms with Crippen LogP contribution in [0, 0.1) is 5.92 Å². The Hall–Kier alpha value is -3.19. The Labute approximate surface area is 183 Å². The molecule has 0 bridgehead atoms. The Balaban J connectivity index is 1.29. The van der Waals surface area contributed by atoms with Crippen LogP contribution in [0.15, 0.2) is 72.4 Å². The number of aliphatic imine (C=N–C) groups is 1. The number of imidazole rings is 1. The summed E-state index contributed by atoms with van der Waals surface area (Å²) in [6.07, 6.45) is 8.39. The largest absolute Gasteiger partial charge is 0.376 e. The van der Waals surface area contributed by atoms with Crippen LogP contribution < -0.4 is 5.32 Å². The second-order valence-corrected chi connectivity index (χ2v) is 7.77. The molecule has 1 fully saturated rings. The number of likely N-dealkylation sites (tertiary alicyclic amines) is 1. The maximum absolute atomic E-state index is 5.96. The van der Waals surface area contributed by atoms with Crippen molar-refractivity contribution in [2.45, 2.75) is 26.5 Å². The van der Waals surface area contributed by atoms with Crippen LogP contribution in [0.25, 0.3) is 5.82 Å². The molecule has 1 aliphatic rings. The molecule has 1 aromatic carbocycles. The van der Waals surface area contributed by atoms with Crippen molar-refractivity contribution in [3.05, 3.63) is 78.5 Å². The molecule has 1 saturated heterocycles. The van der Waals surface area contributed by atoms with Crippen LogP contribution in [0.1, 0.15) is 24.5 Å². The van der Waals surface area contributed by atoms with Gasteiger partial charge in [0.1, 0.15) is 12.1 Å². The topological polar surface area (TPSA) is 67.6 Å². The van der Waals surface area contributed by atoms with Crippen molar-refractivity contribution in [2.75, 3.05) is 26.2 Å². The van der Waals surface area contributed by atoms with E-state index in [1.165, 1.54) is 5.56 Å². The summed E-state index contributed by atoms with van der Waals surface area (Å²) in [5.41, 5.74) is 2.31. The Morgan fingerprint density at radius 2 is 2.10 bits per heavy atom. The quantitative estimate of drug-likeness (QED) is 0.449. The number of guanidine groups is 1. The molecule has 0 amide bonds. The molecular weight excluding hydrogens is 388 g/mol. The third kappa shape index (κ3) is 5.92. The van der Waals surface area contributed by atoms with Crippen LogP contribution >= 0.6 is 0 Å². The van der Waals surface area contributed by atoms with Gasteiger partial charge in [-0.2, -0.15) is 0 Å². The van der Waals surface area contributed by atoms with E-state index in [2.05, 4.69) is 57.4 Å². The summed E-state index contributed by atoms with van der Waals surface area (Å²) >= 11 is 0. The summed E-state index contributed by atoms with van der Waals surface area (Å²) < 4.78 is 7.85. The molecule has 0 radical (unpaired) electrons. The van der Waals surface area contributed by atoms with Gasteiger partial charge in [-0.05, 0) is 30.5 Å². The minimum Gasteiger partial charge on any atom is -0.376 e. The van der Waals surface area contributed by atoms with E-state index in [0.29, 0.717) is 19.1 Å². The average Bonchev–Trinajstić information content (AvgIpc) is 3.50. The lowest BCUT2D eigenvalue weighted by Crippen LogP contribution is -2.40. The monoisotopic (exact) mass is 418 g/mol. The maximum atomic E-state index is 5.96. The summed E-state index contributed by atoms with van der Waals surface area (Å²) in [4.78, 5) is 15.8. The van der Waals surface area contributed by atoms with E-state index >= 15 is 0 Å². The molecule has 2 aromatic heterocycles. The van der Waals surface area contributed by atoms with E-state index in [1.807, 2.05) is 29.1 Å². The molecular formula is C24H30N6O. The third-order valence-corrected chi connectivity index (χ3v) is 5.37. The van der Waals surface area contributed by atoms with Crippen molar-refractivity contribution >= 4 is 5.96 Å². The first kappa shape index (κ1) is 21.1. The van der Waals surface area contributed by atoms with Crippen LogP contribution in [0.5, 0.6) is 0 Å². The molecule has 1 atom stereocenters. The molecule has 7 nitrogen and oxygen atoms in total. The smallest absolute Gasteiger partial charge is 0.194 e. The van der Waals surface area contributed by atoms with Gasteiger partial charge in [-0.1, -0.05) is 36.4 Å². The highest BCUT2D eigenvalue weighted by Gasteiger charge is 2.25. The summed E-state index contributed by atoms with van der Waals surface area (Å²) in [6, 6.07) is 14.4. The molecule has 3 heterocycles. The predicted octanol–water partition coefficient (Wildman–Crippen LogP) is 3.27. The van der Waals surface area contributed by atoms with Gasteiger partial charge in [0, 0.05) is 44.1 Å². The fourth-order valence-electron chi connectivity index (χ4n) is 3.73. The second kappa shape index (κ2) is 10.7. The van der Waals surface area contributed by atoms with Gasteiger partial charge in [0.05, 0.1) is 19.8 Å². The van der Waals surface area contributed by atoms with Crippen LogP contribution in [0.2, 0.25) is 0 Å². The lowest BCUT2D eigenvalue weighted by molar-refractivity contribution is 0.0906. The van der Waals surface area contributed by atoms with Gasteiger partial charge in [-0.25, -0.2) is 15.0 Å². The highest BCUT2D eigenvalue weighted by Crippen LogP contribution is 2.18. The Morgan fingerprint density at radius 3 is 2.84 bits per heavy atom. The van der Waals surface area contributed by atoms with E-state index in [-0.39, 0.29) is 0 Å². The van der Waals surface area contributed by atoms with E-state index < -0.39 is 0 Å². The second-order valence-electron chi connectivity index (χ2n) is 7.77. The average molecular weight is 419 g/mol. The Bertz CT molecular complexity index is 940. The zero-order chi connectivity index (χ0) is 21.3. The van der Waals surface area contributed by atoms with E-state index in [4.69, 9.17) is 9.73 Å². The van der Waals surface area contributed by atoms with E-state index in [9.17, 15) is 0 Å². The van der Waals surface area contributed by atoms with E-state index in [0.717, 1.165) is 50.0 Å². The summed E-state index contributed by atoms with van der Waals surface area (Å²) in [6.45, 7) is 6.99. The molecule has 4 rings (SSSR count). The number of nitrogens with one attached hydrogen (secondary N) is 1. The number of benzene rings is 1. The van der Waals surface area contributed by atoms with Gasteiger partial charge in [-0.15, -0.1) is 0 Å². The Kier molecular flexibility index (Phi) is 7.28. The molecule has 0 aliphatic carbocycles. The van der Waals surface area contributed by atoms with Crippen molar-refractivity contribution < 1.29 is 4.74 Å². The zero-order valence-electron chi connectivity index (χ0n) is 18.0. The van der Waals surface area contributed by atoms with Gasteiger partial charge in [0.15, 0.2) is 5.96 Å². The van der Waals surface area contributed by atoms with Gasteiger partial charge in [0.25, 0.3) is 0 Å². The molecule has 1 unspecified atom stereocenters. The number of hydrogen-bond donors (Lipinski definition) is 1. The maximum Gasteiger partial charge on any atom is 0.194 e. The number of ether oxygens (including phenoxy) is 1. The van der Waals surface area contributed by atoms with Gasteiger partial charge < -0.3 is 15.0 Å². The van der Waals surface area contributed by atoms with Gasteiger partial charge >= 0.3 is 0 Å². The third-order valence-electron chi connectivity index (χ3n) is 5.37. The first-order valence-corrected chi connectivity index (χ1v) is 10.9. The van der Waals surface area contributed by atoms with Gasteiger partial charge in [-0.3, -0.25) is 4.57 Å². The van der Waals surface area contributed by atoms with Crippen molar-refractivity contribution in [3.8, 4) is 5.82 Å². The number of hydrogen-bond acceptors (Lipinski definition) is 4. The fraction of sp³-hybridized carbons (Fsp3) is 0.375. The molecule has 3 aromatic rings. The predicted molar refractivity (Wildman–Crippen MR) is 122 cm³/mol. The van der Waals surface area contributed by atoms with Crippen molar-refractivity contribution in [3.63, 3.8) is 0 Å². The lowest BCUT2D eigenvalue weighted by Gasteiger charge is -2.21. The fourth-order valence-corrected chi connectivity index (χ4v) is 3.73. The SMILES string of the molecule is CCNC(=NCc1ccc(-n2ccnc2)nc1)N1CCC(COCc2ccccc2)C1. The van der Waals surface area contributed by atoms with Crippen molar-refractivity contribution in [1.82, 2.24) is 24.8 Å². The summed E-state index contributed by atoms with van der Waals surface area (Å²) in [5, 5.41) is 3.43. The highest BCUT2D eigenvalue weighted by molar-refractivity contribution is 5.80. The molecule has 0 spiro atoms. The molecule has 162 valence electrons. The summed E-state index contributed by atoms with van der Waals surface area (Å²) in [7, 11) is 0. The van der Waals surface area contributed by atoms with E-state index in [1.54, 1.807) is 12.5 Å². The summed E-state index contributed by atoms with van der Waals surface area (Å²) in [5.74, 6) is 2.35. The first-order chi connectivity index (χ1) is 15.3. The first-order valence-electron chi connectivity index (χ1n) is 10.9. The van der Waals surface area contributed by atoms with Crippen LogP contribution in [-0.2, 0) is 17.9 Å². The molecule has 0 saturated carbocycles. The van der Waals surface area contributed by atoms with Crippen molar-refractivity contribution in [1.29, 1.82) is 0 Å². The number of aromatic nitrogens is 3. The van der Waals surface area contributed by atoms with Crippen LogP contribution in [-0.4, -0.2) is 51.6 Å². The van der Waals surface area contributed by atoms with Crippen LogP contribution in [0.3, 0.4) is 0 Å². The molecule has 31 heavy (non-hydrogen) atoms. The molecule has 1 aliphatic heterocycles. The standard InChI is InChI=1S/C24H30N6O/c1-2-26-24(28-15-21-8-9-23(27-14-21)30-13-11-25-19-30)29-12-10-22(16-29)18-31-17-20-6-4-3-5-7-20/h3-9,11,13-14,19,22H,2,10,12,15-18H2,1H3,(H,26,28). The Morgan fingerprint density at radius 1 is 1.19 bits per heavy atom. The zero-order valence-corrected chi connectivity index (χ0v) is 18.0. The lowest BCUT2D eigenvalue weighted by atomic mass is 10.1. The van der Waals surface area contributed by atoms with Crippen LogP contribution in [0.4, 0.5) is 0 Å².